The van der Waals surface area contributed by atoms with Gasteiger partial charge < -0.3 is 19.5 Å². The van der Waals surface area contributed by atoms with Crippen LogP contribution in [-0.4, -0.2) is 31.3 Å². The Morgan fingerprint density at radius 2 is 1.96 bits per heavy atom. The molecule has 3 rings (SSSR count). The highest BCUT2D eigenvalue weighted by Crippen LogP contribution is 2.19. The number of rotatable bonds is 8. The van der Waals surface area contributed by atoms with E-state index in [0.29, 0.717) is 18.8 Å². The van der Waals surface area contributed by atoms with Crippen LogP contribution in [0.4, 0.5) is 5.69 Å². The van der Waals surface area contributed by atoms with E-state index in [9.17, 15) is 4.79 Å². The zero-order valence-corrected chi connectivity index (χ0v) is 15.6. The average molecular weight is 366 g/mol. The Hall–Kier alpha value is -3.12. The molecule has 6 heteroatoms. The van der Waals surface area contributed by atoms with E-state index in [-0.39, 0.29) is 5.91 Å². The fraction of sp³-hybridized carbons (Fsp3) is 0.238. The van der Waals surface area contributed by atoms with Crippen LogP contribution in [0.1, 0.15) is 12.6 Å². The van der Waals surface area contributed by atoms with E-state index in [2.05, 4.69) is 10.5 Å². The molecular weight excluding hydrogens is 342 g/mol. The quantitative estimate of drug-likeness (QED) is 0.642. The van der Waals surface area contributed by atoms with Gasteiger partial charge in [-0.05, 0) is 19.1 Å². The number of likely N-dealkylation sites (N-methyl/N-ethyl adjacent to an activating group) is 1. The van der Waals surface area contributed by atoms with E-state index in [0.717, 1.165) is 34.1 Å². The standard InChI is InChI=1S/C21H23N3O3/c1-3-24(15-21(25)22-17-10-7-11-19(12-17)26-2)14-18-13-20(27-23-18)16-8-5-4-6-9-16/h4-13H,3,14-15H2,1-2H3,(H,22,25)/p+1. The first-order chi connectivity index (χ1) is 13.2. The van der Waals surface area contributed by atoms with E-state index in [4.69, 9.17) is 9.26 Å². The van der Waals surface area contributed by atoms with E-state index < -0.39 is 0 Å². The van der Waals surface area contributed by atoms with Gasteiger partial charge in [0.1, 0.15) is 18.0 Å². The van der Waals surface area contributed by atoms with Gasteiger partial charge in [0.15, 0.2) is 12.3 Å². The third kappa shape index (κ3) is 5.18. The van der Waals surface area contributed by atoms with Crippen LogP contribution in [0.3, 0.4) is 0 Å². The largest absolute Gasteiger partial charge is 0.497 e. The Morgan fingerprint density at radius 3 is 2.70 bits per heavy atom. The van der Waals surface area contributed by atoms with Crippen molar-refractivity contribution in [2.45, 2.75) is 13.5 Å². The summed E-state index contributed by atoms with van der Waals surface area (Å²) in [5.74, 6) is 1.40. The molecule has 0 aliphatic rings. The summed E-state index contributed by atoms with van der Waals surface area (Å²) >= 11 is 0. The van der Waals surface area contributed by atoms with Gasteiger partial charge in [-0.25, -0.2) is 0 Å². The third-order valence-corrected chi connectivity index (χ3v) is 4.31. The van der Waals surface area contributed by atoms with Crippen LogP contribution < -0.4 is 15.0 Å². The lowest BCUT2D eigenvalue weighted by atomic mass is 10.1. The monoisotopic (exact) mass is 366 g/mol. The lowest BCUT2D eigenvalue weighted by Gasteiger charge is -2.16. The van der Waals surface area contributed by atoms with Crippen LogP contribution >= 0.6 is 0 Å². The number of anilines is 1. The molecule has 1 heterocycles. The van der Waals surface area contributed by atoms with Crippen molar-refractivity contribution in [3.63, 3.8) is 0 Å². The van der Waals surface area contributed by atoms with Crippen molar-refractivity contribution in [1.82, 2.24) is 5.16 Å². The Labute approximate surface area is 158 Å². The van der Waals surface area contributed by atoms with Crippen LogP contribution in [0.2, 0.25) is 0 Å². The molecule has 1 aromatic heterocycles. The first kappa shape index (κ1) is 18.7. The number of hydrogen-bond donors (Lipinski definition) is 2. The molecule has 140 valence electrons. The van der Waals surface area contributed by atoms with E-state index in [1.54, 1.807) is 13.2 Å². The second kappa shape index (κ2) is 9.00. The predicted octanol–water partition coefficient (Wildman–Crippen LogP) is 2.39. The summed E-state index contributed by atoms with van der Waals surface area (Å²) in [5, 5.41) is 7.06. The number of carbonyl (C=O) groups excluding carboxylic acids is 1. The molecule has 0 saturated carbocycles. The van der Waals surface area contributed by atoms with Crippen LogP contribution in [0.25, 0.3) is 11.3 Å². The molecule has 1 amide bonds. The van der Waals surface area contributed by atoms with Gasteiger partial charge >= 0.3 is 0 Å². The minimum absolute atomic E-state index is 0.0492. The molecule has 2 aromatic carbocycles. The molecule has 2 N–H and O–H groups in total. The fourth-order valence-electron chi connectivity index (χ4n) is 2.84. The summed E-state index contributed by atoms with van der Waals surface area (Å²) < 4.78 is 10.6. The van der Waals surface area contributed by atoms with Crippen molar-refractivity contribution in [1.29, 1.82) is 0 Å². The normalized spacial score (nSPS) is 11.8. The molecule has 27 heavy (non-hydrogen) atoms. The number of amides is 1. The Kier molecular flexibility index (Phi) is 6.22. The van der Waals surface area contributed by atoms with Gasteiger partial charge in [0, 0.05) is 23.4 Å². The maximum absolute atomic E-state index is 12.4. The summed E-state index contributed by atoms with van der Waals surface area (Å²) in [6.07, 6.45) is 0. The van der Waals surface area contributed by atoms with Crippen molar-refractivity contribution < 1.29 is 19.0 Å². The summed E-state index contributed by atoms with van der Waals surface area (Å²) in [7, 11) is 1.60. The first-order valence-corrected chi connectivity index (χ1v) is 8.96. The molecule has 6 nitrogen and oxygen atoms in total. The maximum Gasteiger partial charge on any atom is 0.279 e. The topological polar surface area (TPSA) is 68.8 Å². The number of quaternary nitrogens is 1. The zero-order valence-electron chi connectivity index (χ0n) is 15.6. The number of benzene rings is 2. The summed E-state index contributed by atoms with van der Waals surface area (Å²) in [6, 6.07) is 19.1. The maximum atomic E-state index is 12.4. The highest BCUT2D eigenvalue weighted by Gasteiger charge is 2.16. The van der Waals surface area contributed by atoms with Crippen molar-refractivity contribution in [3.8, 4) is 17.1 Å². The second-order valence-electron chi connectivity index (χ2n) is 6.29. The van der Waals surface area contributed by atoms with Gasteiger partial charge in [0.05, 0.1) is 13.7 Å². The molecule has 0 aliphatic heterocycles. The number of carbonyl (C=O) groups is 1. The van der Waals surface area contributed by atoms with Crippen LogP contribution in [0.5, 0.6) is 5.75 Å². The number of methoxy groups -OCH3 is 1. The van der Waals surface area contributed by atoms with Gasteiger partial charge in [0.25, 0.3) is 5.91 Å². The van der Waals surface area contributed by atoms with Gasteiger partial charge in [-0.2, -0.15) is 0 Å². The van der Waals surface area contributed by atoms with Crippen molar-refractivity contribution in [2.75, 3.05) is 25.5 Å². The fourth-order valence-corrected chi connectivity index (χ4v) is 2.84. The lowest BCUT2D eigenvalue weighted by molar-refractivity contribution is -0.904. The molecule has 0 saturated heterocycles. The number of aromatic nitrogens is 1. The molecular formula is C21H24N3O3+. The number of nitrogens with zero attached hydrogens (tertiary/aromatic N) is 1. The molecule has 0 spiro atoms. The molecule has 0 bridgehead atoms. The molecule has 0 radical (unpaired) electrons. The van der Waals surface area contributed by atoms with Crippen LogP contribution in [0, 0.1) is 0 Å². The minimum Gasteiger partial charge on any atom is -0.497 e. The predicted molar refractivity (Wildman–Crippen MR) is 104 cm³/mol. The van der Waals surface area contributed by atoms with Crippen molar-refractivity contribution in [2.24, 2.45) is 0 Å². The molecule has 1 atom stereocenters. The highest BCUT2D eigenvalue weighted by molar-refractivity contribution is 5.91. The van der Waals surface area contributed by atoms with Gasteiger partial charge in [0.2, 0.25) is 0 Å². The minimum atomic E-state index is -0.0492. The molecule has 0 aliphatic carbocycles. The Balaban J connectivity index is 1.59. The Morgan fingerprint density at radius 1 is 1.15 bits per heavy atom. The number of hydrogen-bond acceptors (Lipinski definition) is 4. The van der Waals surface area contributed by atoms with E-state index in [1.807, 2.05) is 61.5 Å². The summed E-state index contributed by atoms with van der Waals surface area (Å²) in [6.45, 7) is 3.82. The first-order valence-electron chi connectivity index (χ1n) is 8.96. The smallest absolute Gasteiger partial charge is 0.279 e. The van der Waals surface area contributed by atoms with E-state index in [1.165, 1.54) is 0 Å². The summed E-state index contributed by atoms with van der Waals surface area (Å²) in [4.78, 5) is 13.5. The average Bonchev–Trinajstić information content (AvgIpc) is 3.16. The van der Waals surface area contributed by atoms with Crippen molar-refractivity contribution in [3.05, 3.63) is 66.4 Å². The number of ether oxygens (including phenoxy) is 1. The summed E-state index contributed by atoms with van der Waals surface area (Å²) in [5.41, 5.74) is 2.55. The zero-order chi connectivity index (χ0) is 19.1. The molecule has 3 aromatic rings. The highest BCUT2D eigenvalue weighted by atomic mass is 16.5. The van der Waals surface area contributed by atoms with Gasteiger partial charge in [-0.1, -0.05) is 41.6 Å². The van der Waals surface area contributed by atoms with E-state index >= 15 is 0 Å². The van der Waals surface area contributed by atoms with Crippen LogP contribution in [0.15, 0.2) is 65.2 Å². The number of nitrogens with one attached hydrogen (secondary N) is 2. The van der Waals surface area contributed by atoms with Crippen molar-refractivity contribution >= 4 is 11.6 Å². The lowest BCUT2D eigenvalue weighted by Crippen LogP contribution is -3.11. The third-order valence-electron chi connectivity index (χ3n) is 4.31. The van der Waals surface area contributed by atoms with Gasteiger partial charge in [-0.15, -0.1) is 0 Å². The SMILES string of the molecule is CC[NH+](CC(=O)Nc1cccc(OC)c1)Cc1cc(-c2ccccc2)on1. The Bertz CT molecular complexity index is 877. The second-order valence-corrected chi connectivity index (χ2v) is 6.29. The van der Waals surface area contributed by atoms with Gasteiger partial charge in [-0.3, -0.25) is 4.79 Å². The molecule has 0 fully saturated rings. The van der Waals surface area contributed by atoms with Crippen LogP contribution in [-0.2, 0) is 11.3 Å². The molecule has 1 unspecified atom stereocenters.